The van der Waals surface area contributed by atoms with Gasteiger partial charge in [-0.25, -0.2) is 0 Å². The van der Waals surface area contributed by atoms with Crippen LogP contribution in [0.25, 0.3) is 49.4 Å². The Morgan fingerprint density at radius 2 is 0.952 bits per heavy atom. The molecule has 0 spiro atoms. The Kier molecular flexibility index (Phi) is 8.25. The number of aromatic nitrogens is 1. The number of benzene rings is 10. The van der Waals surface area contributed by atoms with Gasteiger partial charge < -0.3 is 9.47 Å². The molecular formula is C59H44N2Si. The van der Waals surface area contributed by atoms with Crippen LogP contribution in [0.4, 0.5) is 17.1 Å². The summed E-state index contributed by atoms with van der Waals surface area (Å²) < 4.78 is 2.43. The minimum Gasteiger partial charge on any atom is -0.310 e. The summed E-state index contributed by atoms with van der Waals surface area (Å²) >= 11 is 0. The molecule has 0 atom stereocenters. The normalized spacial score (nSPS) is 13.1. The van der Waals surface area contributed by atoms with E-state index in [1.165, 1.54) is 87.0 Å². The fourth-order valence-electron chi connectivity index (χ4n) is 10.9. The van der Waals surface area contributed by atoms with Gasteiger partial charge in [-0.2, -0.15) is 0 Å². The number of anilines is 3. The SMILES string of the molecule is CC1(C)c2cc(N(c3ccccc3)c3ccc4c5c3ccc3cccc(c35)n4-c3ccccc3)ccc2-c2ccc([Si](c3ccccc3)(c3ccccc3)c3ccccc3)cc21. The third-order valence-corrected chi connectivity index (χ3v) is 18.5. The number of hydrogen-bond acceptors (Lipinski definition) is 1. The minimum atomic E-state index is -2.71. The molecule has 3 heteroatoms. The molecule has 10 aromatic carbocycles. The fourth-order valence-corrected chi connectivity index (χ4v) is 15.7. The maximum absolute atomic E-state index is 2.71. The van der Waals surface area contributed by atoms with Gasteiger partial charge in [0, 0.05) is 38.6 Å². The second-order valence-electron chi connectivity index (χ2n) is 17.3. The van der Waals surface area contributed by atoms with E-state index >= 15 is 0 Å². The molecule has 0 N–H and O–H groups in total. The van der Waals surface area contributed by atoms with Crippen LogP contribution in [0.5, 0.6) is 0 Å². The summed E-state index contributed by atoms with van der Waals surface area (Å²) in [4.78, 5) is 2.47. The van der Waals surface area contributed by atoms with Crippen molar-refractivity contribution in [1.29, 1.82) is 0 Å². The molecule has 0 bridgehead atoms. The molecule has 1 aliphatic carbocycles. The summed E-state index contributed by atoms with van der Waals surface area (Å²) in [6.07, 6.45) is 0. The van der Waals surface area contributed by atoms with Crippen molar-refractivity contribution in [1.82, 2.24) is 4.57 Å². The van der Waals surface area contributed by atoms with Crippen LogP contribution < -0.4 is 25.6 Å². The van der Waals surface area contributed by atoms with Crippen LogP contribution >= 0.6 is 0 Å². The third-order valence-electron chi connectivity index (χ3n) is 13.7. The second kappa shape index (κ2) is 14.1. The van der Waals surface area contributed by atoms with E-state index in [-0.39, 0.29) is 5.41 Å². The van der Waals surface area contributed by atoms with Gasteiger partial charge in [0.15, 0.2) is 8.07 Å². The van der Waals surface area contributed by atoms with Crippen molar-refractivity contribution < 1.29 is 0 Å². The summed E-state index contributed by atoms with van der Waals surface area (Å²) in [5, 5.41) is 10.7. The highest BCUT2D eigenvalue weighted by Crippen LogP contribution is 2.52. The number of para-hydroxylation sites is 2. The minimum absolute atomic E-state index is 0.251. The van der Waals surface area contributed by atoms with Gasteiger partial charge in [-0.15, -0.1) is 0 Å². The fraction of sp³-hybridized carbons (Fsp3) is 0.0508. The van der Waals surface area contributed by atoms with E-state index in [0.29, 0.717) is 0 Å². The Bertz CT molecular complexity index is 3320. The molecule has 0 unspecified atom stereocenters. The van der Waals surface area contributed by atoms with E-state index in [4.69, 9.17) is 0 Å². The number of fused-ring (bicyclic) bond motifs is 3. The van der Waals surface area contributed by atoms with Crippen molar-refractivity contribution in [3.63, 3.8) is 0 Å². The van der Waals surface area contributed by atoms with Crippen LogP contribution in [-0.4, -0.2) is 12.6 Å². The first-order valence-electron chi connectivity index (χ1n) is 21.7. The zero-order valence-electron chi connectivity index (χ0n) is 34.8. The Hall–Kier alpha value is -7.46. The lowest BCUT2D eigenvalue weighted by Gasteiger charge is -2.35. The van der Waals surface area contributed by atoms with Crippen LogP contribution in [0, 0.1) is 0 Å². The molecule has 0 amide bonds. The Morgan fingerprint density at radius 3 is 1.58 bits per heavy atom. The van der Waals surface area contributed by atoms with Crippen molar-refractivity contribution in [3.05, 3.63) is 242 Å². The Morgan fingerprint density at radius 1 is 0.403 bits per heavy atom. The summed E-state index contributed by atoms with van der Waals surface area (Å²) in [7, 11) is -2.71. The Balaban J connectivity index is 1.04. The lowest BCUT2D eigenvalue weighted by Crippen LogP contribution is -2.74. The largest absolute Gasteiger partial charge is 0.310 e. The molecule has 0 fully saturated rings. The van der Waals surface area contributed by atoms with Crippen molar-refractivity contribution >= 4 is 78.5 Å². The third kappa shape index (κ3) is 5.28. The van der Waals surface area contributed by atoms with Crippen LogP contribution in [0.2, 0.25) is 0 Å². The maximum Gasteiger partial charge on any atom is 0.179 e. The van der Waals surface area contributed by atoms with Gasteiger partial charge in [-0.1, -0.05) is 190 Å². The van der Waals surface area contributed by atoms with Gasteiger partial charge in [0.2, 0.25) is 0 Å². The van der Waals surface area contributed by atoms with Crippen LogP contribution in [0.3, 0.4) is 0 Å². The molecule has 294 valence electrons. The summed E-state index contributed by atoms with van der Waals surface area (Å²) in [6, 6.07) is 86.0. The number of hydrogen-bond donors (Lipinski definition) is 0. The summed E-state index contributed by atoms with van der Waals surface area (Å²) in [5.41, 5.74) is 12.2. The Labute approximate surface area is 364 Å². The highest BCUT2D eigenvalue weighted by molar-refractivity contribution is 7.19. The average molecular weight is 809 g/mol. The predicted molar refractivity (Wildman–Crippen MR) is 265 cm³/mol. The predicted octanol–water partition coefficient (Wildman–Crippen LogP) is 12.5. The molecule has 1 heterocycles. The topological polar surface area (TPSA) is 8.17 Å². The monoisotopic (exact) mass is 808 g/mol. The summed E-state index contributed by atoms with van der Waals surface area (Å²) in [5.74, 6) is 0. The zero-order chi connectivity index (χ0) is 41.4. The first kappa shape index (κ1) is 36.4. The van der Waals surface area contributed by atoms with Crippen molar-refractivity contribution in [2.75, 3.05) is 4.90 Å². The van der Waals surface area contributed by atoms with Gasteiger partial charge in [0.25, 0.3) is 0 Å². The molecule has 1 aliphatic rings. The van der Waals surface area contributed by atoms with Gasteiger partial charge in [0.1, 0.15) is 0 Å². The number of rotatable bonds is 8. The van der Waals surface area contributed by atoms with Crippen molar-refractivity contribution in [2.24, 2.45) is 0 Å². The van der Waals surface area contributed by atoms with Gasteiger partial charge >= 0.3 is 0 Å². The van der Waals surface area contributed by atoms with Gasteiger partial charge in [0.05, 0.1) is 16.7 Å². The van der Waals surface area contributed by atoms with E-state index in [9.17, 15) is 0 Å². The van der Waals surface area contributed by atoms with Gasteiger partial charge in [-0.05, 0) is 103 Å². The summed E-state index contributed by atoms with van der Waals surface area (Å²) in [6.45, 7) is 4.85. The van der Waals surface area contributed by atoms with Crippen LogP contribution in [0.15, 0.2) is 231 Å². The lowest BCUT2D eigenvalue weighted by molar-refractivity contribution is 0.661. The highest BCUT2D eigenvalue weighted by Gasteiger charge is 2.44. The number of nitrogens with zero attached hydrogens (tertiary/aromatic N) is 2. The first-order valence-corrected chi connectivity index (χ1v) is 23.7. The van der Waals surface area contributed by atoms with Crippen LogP contribution in [0.1, 0.15) is 25.0 Å². The quantitative estimate of drug-likeness (QED) is 0.0843. The molecular weight excluding hydrogens is 765 g/mol. The van der Waals surface area contributed by atoms with Crippen molar-refractivity contribution in [2.45, 2.75) is 19.3 Å². The van der Waals surface area contributed by atoms with E-state index in [1.807, 2.05) is 0 Å². The van der Waals surface area contributed by atoms with E-state index in [2.05, 4.69) is 254 Å². The maximum atomic E-state index is 2.58. The molecule has 62 heavy (non-hydrogen) atoms. The smallest absolute Gasteiger partial charge is 0.179 e. The van der Waals surface area contributed by atoms with Crippen LogP contribution in [-0.2, 0) is 5.41 Å². The molecule has 1 aromatic heterocycles. The molecule has 0 saturated carbocycles. The van der Waals surface area contributed by atoms with Gasteiger partial charge in [-0.3, -0.25) is 0 Å². The molecule has 11 aromatic rings. The average Bonchev–Trinajstić information content (AvgIpc) is 3.79. The first-order chi connectivity index (χ1) is 30.5. The molecule has 2 nitrogen and oxygen atoms in total. The standard InChI is InChI=1S/C59H44N2Si/c1-59(2)52-39-44(32-35-49(52)50-36-33-48(40-53(50)59)62(45-24-12-5-13-25-45,46-26-14-6-15-27-46)47-28-16-7-17-29-47)60(42-20-8-3-9-21-42)54-37-38-56-58-51(54)34-31-41-19-18-30-55(57(41)58)61(56)43-22-10-4-11-23-43/h3-40H,1-2H3. The lowest BCUT2D eigenvalue weighted by atomic mass is 9.82. The van der Waals surface area contributed by atoms with E-state index in [1.54, 1.807) is 0 Å². The highest BCUT2D eigenvalue weighted by atomic mass is 28.3. The molecule has 0 saturated heterocycles. The van der Waals surface area contributed by atoms with E-state index < -0.39 is 8.07 Å². The second-order valence-corrected chi connectivity index (χ2v) is 21.1. The molecule has 0 radical (unpaired) electrons. The zero-order valence-corrected chi connectivity index (χ0v) is 35.8. The van der Waals surface area contributed by atoms with E-state index in [0.717, 1.165) is 11.4 Å². The molecule has 0 aliphatic heterocycles. The molecule has 12 rings (SSSR count). The van der Waals surface area contributed by atoms with Crippen molar-refractivity contribution in [3.8, 4) is 16.8 Å².